The van der Waals surface area contributed by atoms with E-state index in [9.17, 15) is 4.79 Å². The fourth-order valence-corrected chi connectivity index (χ4v) is 3.36. The summed E-state index contributed by atoms with van der Waals surface area (Å²) in [6.07, 6.45) is 0.575. The van der Waals surface area contributed by atoms with Crippen molar-refractivity contribution in [2.24, 2.45) is 0 Å². The van der Waals surface area contributed by atoms with E-state index in [-0.39, 0.29) is 6.42 Å². The molecule has 1 heterocycles. The minimum absolute atomic E-state index is 0.111. The zero-order valence-corrected chi connectivity index (χ0v) is 13.6. The summed E-state index contributed by atoms with van der Waals surface area (Å²) >= 11 is 4.97. The highest BCUT2D eigenvalue weighted by molar-refractivity contribution is 9.10. The van der Waals surface area contributed by atoms with Gasteiger partial charge in [-0.05, 0) is 37.1 Å². The standard InChI is InChI=1S/C14H15BrN2O2S/c1-8-5-10(15)6-9(2)13(8)17-14-16-11(7-20-14)3-4-12(18)19/h5-7H,3-4H2,1-2H3,(H,16,17)(H,18,19). The van der Waals surface area contributed by atoms with Crippen LogP contribution in [0.15, 0.2) is 22.0 Å². The van der Waals surface area contributed by atoms with Crippen LogP contribution in [0, 0.1) is 13.8 Å². The molecule has 2 rings (SSSR count). The molecule has 1 aromatic carbocycles. The Bertz CT molecular complexity index is 617. The summed E-state index contributed by atoms with van der Waals surface area (Å²) in [5.41, 5.74) is 4.14. The molecule has 0 radical (unpaired) electrons. The third-order valence-electron chi connectivity index (χ3n) is 2.88. The molecule has 0 bridgehead atoms. The van der Waals surface area contributed by atoms with Crippen LogP contribution in [0.5, 0.6) is 0 Å². The fourth-order valence-electron chi connectivity index (χ4n) is 1.93. The summed E-state index contributed by atoms with van der Waals surface area (Å²) < 4.78 is 1.05. The van der Waals surface area contributed by atoms with Crippen molar-refractivity contribution in [3.8, 4) is 0 Å². The Balaban J connectivity index is 2.13. The molecular weight excluding hydrogens is 340 g/mol. The summed E-state index contributed by atoms with van der Waals surface area (Å²) in [5.74, 6) is -0.799. The highest BCUT2D eigenvalue weighted by Crippen LogP contribution is 2.29. The van der Waals surface area contributed by atoms with Crippen molar-refractivity contribution < 1.29 is 9.90 Å². The molecule has 106 valence electrons. The van der Waals surface area contributed by atoms with E-state index in [0.29, 0.717) is 6.42 Å². The number of hydrogen-bond donors (Lipinski definition) is 2. The lowest BCUT2D eigenvalue weighted by Gasteiger charge is -2.11. The molecule has 0 aliphatic heterocycles. The van der Waals surface area contributed by atoms with Crippen molar-refractivity contribution in [2.75, 3.05) is 5.32 Å². The fraction of sp³-hybridized carbons (Fsp3) is 0.286. The number of nitrogens with one attached hydrogen (secondary N) is 1. The van der Waals surface area contributed by atoms with Crippen molar-refractivity contribution in [3.63, 3.8) is 0 Å². The molecule has 6 heteroatoms. The predicted molar refractivity (Wildman–Crippen MR) is 85.0 cm³/mol. The van der Waals surface area contributed by atoms with Crippen molar-refractivity contribution in [1.82, 2.24) is 4.98 Å². The monoisotopic (exact) mass is 354 g/mol. The molecule has 0 aliphatic rings. The van der Waals surface area contributed by atoms with Gasteiger partial charge in [-0.1, -0.05) is 15.9 Å². The van der Waals surface area contributed by atoms with Crippen LogP contribution in [0.25, 0.3) is 0 Å². The van der Waals surface area contributed by atoms with E-state index >= 15 is 0 Å². The van der Waals surface area contributed by atoms with Gasteiger partial charge in [-0.15, -0.1) is 11.3 Å². The Kier molecular flexibility index (Phi) is 4.77. The summed E-state index contributed by atoms with van der Waals surface area (Å²) in [6.45, 7) is 4.08. The molecule has 0 atom stereocenters. The smallest absolute Gasteiger partial charge is 0.303 e. The van der Waals surface area contributed by atoms with E-state index < -0.39 is 5.97 Å². The van der Waals surface area contributed by atoms with Crippen LogP contribution >= 0.6 is 27.3 Å². The minimum atomic E-state index is -0.799. The highest BCUT2D eigenvalue weighted by atomic mass is 79.9. The highest BCUT2D eigenvalue weighted by Gasteiger charge is 2.08. The molecule has 20 heavy (non-hydrogen) atoms. The summed E-state index contributed by atoms with van der Waals surface area (Å²) in [5, 5.41) is 14.7. The second kappa shape index (κ2) is 6.37. The molecular formula is C14H15BrN2O2S. The number of hydrogen-bond acceptors (Lipinski definition) is 4. The maximum atomic E-state index is 10.5. The lowest BCUT2D eigenvalue weighted by molar-refractivity contribution is -0.136. The number of nitrogens with zero attached hydrogens (tertiary/aromatic N) is 1. The zero-order valence-electron chi connectivity index (χ0n) is 11.2. The Morgan fingerprint density at radius 3 is 2.65 bits per heavy atom. The van der Waals surface area contributed by atoms with E-state index in [4.69, 9.17) is 5.11 Å². The van der Waals surface area contributed by atoms with Crippen LogP contribution in [0.1, 0.15) is 23.2 Å². The third kappa shape index (κ3) is 3.80. The first-order valence-electron chi connectivity index (χ1n) is 6.15. The first-order valence-corrected chi connectivity index (χ1v) is 7.83. The zero-order chi connectivity index (χ0) is 14.7. The Morgan fingerprint density at radius 2 is 2.05 bits per heavy atom. The molecule has 0 spiro atoms. The molecule has 4 nitrogen and oxygen atoms in total. The lowest BCUT2D eigenvalue weighted by atomic mass is 10.1. The van der Waals surface area contributed by atoms with E-state index in [1.54, 1.807) is 0 Å². The molecule has 0 saturated carbocycles. The number of carboxylic acid groups (broad SMARTS) is 1. The molecule has 0 unspecified atom stereocenters. The van der Waals surface area contributed by atoms with E-state index in [0.717, 1.165) is 32.1 Å². The Morgan fingerprint density at radius 1 is 1.40 bits per heavy atom. The van der Waals surface area contributed by atoms with Gasteiger partial charge in [-0.25, -0.2) is 4.98 Å². The normalized spacial score (nSPS) is 10.6. The maximum absolute atomic E-state index is 10.5. The second-order valence-corrected chi connectivity index (χ2v) is 6.35. The third-order valence-corrected chi connectivity index (χ3v) is 4.14. The van der Waals surface area contributed by atoms with Gasteiger partial charge >= 0.3 is 5.97 Å². The molecule has 0 saturated heterocycles. The number of aryl methyl sites for hydroxylation is 3. The van der Waals surface area contributed by atoms with Gasteiger partial charge in [0.25, 0.3) is 0 Å². The summed E-state index contributed by atoms with van der Waals surface area (Å²) in [7, 11) is 0. The van der Waals surface area contributed by atoms with Crippen LogP contribution in [-0.4, -0.2) is 16.1 Å². The average Bonchev–Trinajstić information content (AvgIpc) is 2.79. The van der Waals surface area contributed by atoms with Gasteiger partial charge in [0, 0.05) is 22.0 Å². The topological polar surface area (TPSA) is 62.2 Å². The predicted octanol–water partition coefficient (Wildman–Crippen LogP) is 4.28. The van der Waals surface area contributed by atoms with E-state index in [1.165, 1.54) is 11.3 Å². The largest absolute Gasteiger partial charge is 0.481 e. The number of carbonyl (C=O) groups is 1. The van der Waals surface area contributed by atoms with E-state index in [2.05, 4.69) is 26.2 Å². The van der Waals surface area contributed by atoms with Crippen molar-refractivity contribution in [3.05, 3.63) is 38.8 Å². The van der Waals surface area contributed by atoms with Crippen LogP contribution in [0.3, 0.4) is 0 Å². The number of thiazole rings is 1. The Labute approximate surface area is 130 Å². The summed E-state index contributed by atoms with van der Waals surface area (Å²) in [4.78, 5) is 15.0. The van der Waals surface area contributed by atoms with Crippen LogP contribution in [0.4, 0.5) is 10.8 Å². The SMILES string of the molecule is Cc1cc(Br)cc(C)c1Nc1nc(CCC(=O)O)cs1. The molecule has 2 N–H and O–H groups in total. The average molecular weight is 355 g/mol. The van der Waals surface area contributed by atoms with Crippen LogP contribution in [0.2, 0.25) is 0 Å². The quantitative estimate of drug-likeness (QED) is 0.840. The molecule has 1 aromatic heterocycles. The van der Waals surface area contributed by atoms with Gasteiger partial charge in [0.15, 0.2) is 5.13 Å². The first-order chi connectivity index (χ1) is 9.45. The molecule has 0 aliphatic carbocycles. The van der Waals surface area contributed by atoms with Crippen LogP contribution < -0.4 is 5.32 Å². The molecule has 2 aromatic rings. The summed E-state index contributed by atoms with van der Waals surface area (Å²) in [6, 6.07) is 4.10. The van der Waals surface area contributed by atoms with Crippen LogP contribution in [-0.2, 0) is 11.2 Å². The second-order valence-electron chi connectivity index (χ2n) is 4.58. The number of aromatic nitrogens is 1. The Hall–Kier alpha value is -1.40. The van der Waals surface area contributed by atoms with Gasteiger partial charge in [-0.3, -0.25) is 4.79 Å². The van der Waals surface area contributed by atoms with Gasteiger partial charge in [-0.2, -0.15) is 0 Å². The molecule has 0 amide bonds. The number of aliphatic carboxylic acids is 1. The number of rotatable bonds is 5. The number of benzene rings is 1. The lowest BCUT2D eigenvalue weighted by Crippen LogP contribution is -1.99. The van der Waals surface area contributed by atoms with Gasteiger partial charge in [0.2, 0.25) is 0 Å². The number of anilines is 2. The minimum Gasteiger partial charge on any atom is -0.481 e. The number of carboxylic acids is 1. The molecule has 0 fully saturated rings. The number of halogens is 1. The van der Waals surface area contributed by atoms with Gasteiger partial charge < -0.3 is 10.4 Å². The van der Waals surface area contributed by atoms with E-state index in [1.807, 2.05) is 31.4 Å². The van der Waals surface area contributed by atoms with Gasteiger partial charge in [0.05, 0.1) is 12.1 Å². The van der Waals surface area contributed by atoms with Crippen molar-refractivity contribution in [1.29, 1.82) is 0 Å². The first kappa shape index (κ1) is 15.0. The van der Waals surface area contributed by atoms with Crippen molar-refractivity contribution in [2.45, 2.75) is 26.7 Å². The maximum Gasteiger partial charge on any atom is 0.303 e. The van der Waals surface area contributed by atoms with Crippen molar-refractivity contribution >= 4 is 44.1 Å². The van der Waals surface area contributed by atoms with Gasteiger partial charge in [0.1, 0.15) is 0 Å².